The van der Waals surface area contributed by atoms with E-state index in [0.29, 0.717) is 11.4 Å². The smallest absolute Gasteiger partial charge is 0.331 e. The molecule has 0 saturated carbocycles. The lowest BCUT2D eigenvalue weighted by Crippen LogP contribution is -2.30. The Hall–Kier alpha value is -2.60. The molecule has 0 spiro atoms. The molecule has 0 radical (unpaired) electrons. The standard InChI is InChI=1S/C25H29NO4S/c1-16-6-11-20(12-7-16)31(28,29)26-15-19-10-9-18(14-22(27)30-25(3,4)5)23-17(2)8-13-21(26)24(19)23/h6-8,11-14,19H,9-10,15H2,1-5H3/b18-14+. The summed E-state index contributed by atoms with van der Waals surface area (Å²) < 4.78 is 33.9. The summed E-state index contributed by atoms with van der Waals surface area (Å²) in [7, 11) is -3.66. The van der Waals surface area contributed by atoms with Gasteiger partial charge in [-0.2, -0.15) is 0 Å². The fraction of sp³-hybridized carbons (Fsp3) is 0.400. The number of nitrogens with zero attached hydrogens (tertiary/aromatic N) is 1. The Kier molecular flexibility index (Phi) is 5.24. The minimum Gasteiger partial charge on any atom is -0.457 e. The maximum absolute atomic E-state index is 13.4. The molecule has 0 bridgehead atoms. The van der Waals surface area contributed by atoms with Crippen LogP contribution in [0.5, 0.6) is 0 Å². The zero-order valence-electron chi connectivity index (χ0n) is 18.7. The molecular weight excluding hydrogens is 410 g/mol. The molecule has 0 amide bonds. The molecule has 0 N–H and O–H groups in total. The van der Waals surface area contributed by atoms with Crippen LogP contribution in [0.2, 0.25) is 0 Å². The van der Waals surface area contributed by atoms with E-state index in [1.165, 1.54) is 4.31 Å². The van der Waals surface area contributed by atoms with Crippen LogP contribution in [0.1, 0.15) is 61.8 Å². The van der Waals surface area contributed by atoms with Crippen LogP contribution >= 0.6 is 0 Å². The molecule has 2 aliphatic rings. The first-order chi connectivity index (χ1) is 14.5. The van der Waals surface area contributed by atoms with Crippen molar-refractivity contribution >= 4 is 27.3 Å². The first-order valence-electron chi connectivity index (χ1n) is 10.6. The number of carbonyl (C=O) groups is 1. The monoisotopic (exact) mass is 439 g/mol. The van der Waals surface area contributed by atoms with E-state index in [1.54, 1.807) is 18.2 Å². The number of anilines is 1. The van der Waals surface area contributed by atoms with Gasteiger partial charge in [0, 0.05) is 18.5 Å². The third-order valence-corrected chi connectivity index (χ3v) is 7.68. The van der Waals surface area contributed by atoms with Gasteiger partial charge in [0.1, 0.15) is 5.60 Å². The molecule has 4 rings (SSSR count). The van der Waals surface area contributed by atoms with Gasteiger partial charge in [0.15, 0.2) is 0 Å². The fourth-order valence-electron chi connectivity index (χ4n) is 4.54. The highest BCUT2D eigenvalue weighted by atomic mass is 32.2. The van der Waals surface area contributed by atoms with Crippen molar-refractivity contribution in [1.82, 2.24) is 0 Å². The Morgan fingerprint density at radius 3 is 2.42 bits per heavy atom. The number of benzene rings is 2. The van der Waals surface area contributed by atoms with E-state index in [0.717, 1.165) is 46.4 Å². The summed E-state index contributed by atoms with van der Waals surface area (Å²) in [6.07, 6.45) is 3.11. The molecule has 1 aliphatic carbocycles. The molecule has 1 unspecified atom stereocenters. The van der Waals surface area contributed by atoms with Crippen LogP contribution in [0.4, 0.5) is 5.69 Å². The minimum atomic E-state index is -3.66. The number of aryl methyl sites for hydroxylation is 2. The van der Waals surface area contributed by atoms with Crippen molar-refractivity contribution in [2.24, 2.45) is 0 Å². The summed E-state index contributed by atoms with van der Waals surface area (Å²) in [5.41, 5.74) is 5.20. The van der Waals surface area contributed by atoms with E-state index in [1.807, 2.05) is 58.9 Å². The zero-order valence-corrected chi connectivity index (χ0v) is 19.5. The predicted molar refractivity (Wildman–Crippen MR) is 123 cm³/mol. The van der Waals surface area contributed by atoms with E-state index in [-0.39, 0.29) is 11.9 Å². The van der Waals surface area contributed by atoms with Gasteiger partial charge in [-0.3, -0.25) is 4.31 Å². The highest BCUT2D eigenvalue weighted by molar-refractivity contribution is 7.92. The van der Waals surface area contributed by atoms with Gasteiger partial charge < -0.3 is 4.74 Å². The second kappa shape index (κ2) is 7.52. The van der Waals surface area contributed by atoms with Crippen LogP contribution in [-0.2, 0) is 19.6 Å². The largest absolute Gasteiger partial charge is 0.457 e. The van der Waals surface area contributed by atoms with Crippen molar-refractivity contribution in [3.05, 3.63) is 64.7 Å². The van der Waals surface area contributed by atoms with Crippen LogP contribution in [0.3, 0.4) is 0 Å². The first-order valence-corrected chi connectivity index (χ1v) is 12.1. The normalized spacial score (nSPS) is 19.5. The fourth-order valence-corrected chi connectivity index (χ4v) is 6.07. The van der Waals surface area contributed by atoms with Crippen molar-refractivity contribution in [3.8, 4) is 0 Å². The number of ether oxygens (including phenoxy) is 1. The highest BCUT2D eigenvalue weighted by Crippen LogP contribution is 2.50. The predicted octanol–water partition coefficient (Wildman–Crippen LogP) is 5.11. The van der Waals surface area contributed by atoms with Crippen molar-refractivity contribution in [1.29, 1.82) is 0 Å². The Morgan fingerprint density at radius 1 is 1.10 bits per heavy atom. The number of esters is 1. The molecule has 1 atom stereocenters. The Labute approximate surface area is 184 Å². The Bertz CT molecular complexity index is 1170. The van der Waals surface area contributed by atoms with Gasteiger partial charge in [0.2, 0.25) is 0 Å². The second-order valence-corrected chi connectivity index (χ2v) is 11.3. The average Bonchev–Trinajstić information content (AvgIpc) is 3.05. The van der Waals surface area contributed by atoms with Gasteiger partial charge in [0.05, 0.1) is 10.6 Å². The average molecular weight is 440 g/mol. The van der Waals surface area contributed by atoms with E-state index in [2.05, 4.69) is 0 Å². The molecule has 31 heavy (non-hydrogen) atoms. The van der Waals surface area contributed by atoms with Gasteiger partial charge in [-0.05, 0) is 87.9 Å². The molecule has 1 heterocycles. The topological polar surface area (TPSA) is 63.7 Å². The number of allylic oxidation sites excluding steroid dienone is 1. The van der Waals surface area contributed by atoms with Crippen LogP contribution in [0.25, 0.3) is 5.57 Å². The number of rotatable bonds is 3. The lowest BCUT2D eigenvalue weighted by Gasteiger charge is -2.25. The lowest BCUT2D eigenvalue weighted by atomic mass is 9.79. The van der Waals surface area contributed by atoms with Gasteiger partial charge in [-0.25, -0.2) is 13.2 Å². The van der Waals surface area contributed by atoms with Gasteiger partial charge in [-0.1, -0.05) is 23.8 Å². The third kappa shape index (κ3) is 4.01. The van der Waals surface area contributed by atoms with Crippen LogP contribution < -0.4 is 4.31 Å². The van der Waals surface area contributed by atoms with Crippen LogP contribution in [0.15, 0.2) is 47.4 Å². The van der Waals surface area contributed by atoms with E-state index < -0.39 is 15.6 Å². The highest BCUT2D eigenvalue weighted by Gasteiger charge is 2.41. The maximum atomic E-state index is 13.4. The van der Waals surface area contributed by atoms with Gasteiger partial charge in [-0.15, -0.1) is 0 Å². The summed E-state index contributed by atoms with van der Waals surface area (Å²) in [6, 6.07) is 10.8. The zero-order chi connectivity index (χ0) is 22.6. The lowest BCUT2D eigenvalue weighted by molar-refractivity contribution is -0.148. The van der Waals surface area contributed by atoms with Crippen LogP contribution in [0, 0.1) is 13.8 Å². The van der Waals surface area contributed by atoms with Gasteiger partial charge in [0.25, 0.3) is 10.0 Å². The third-order valence-electron chi connectivity index (χ3n) is 5.89. The van der Waals surface area contributed by atoms with Gasteiger partial charge >= 0.3 is 5.97 Å². The molecule has 2 aromatic rings. The number of carbonyl (C=O) groups excluding carboxylic acids is 1. The summed E-state index contributed by atoms with van der Waals surface area (Å²) in [5.74, 6) is -0.235. The molecule has 5 nitrogen and oxygen atoms in total. The quantitative estimate of drug-likeness (QED) is 0.492. The maximum Gasteiger partial charge on any atom is 0.331 e. The molecule has 0 aromatic heterocycles. The van der Waals surface area contributed by atoms with E-state index in [9.17, 15) is 13.2 Å². The minimum absolute atomic E-state index is 0.126. The van der Waals surface area contributed by atoms with E-state index >= 15 is 0 Å². The molecule has 164 valence electrons. The molecule has 1 aliphatic heterocycles. The van der Waals surface area contributed by atoms with Crippen LogP contribution in [-0.4, -0.2) is 26.5 Å². The number of hydrogen-bond donors (Lipinski definition) is 0. The number of hydrogen-bond acceptors (Lipinski definition) is 4. The molecule has 0 fully saturated rings. The van der Waals surface area contributed by atoms with E-state index in [4.69, 9.17) is 4.74 Å². The first kappa shape index (κ1) is 21.6. The van der Waals surface area contributed by atoms with Crippen molar-refractivity contribution in [3.63, 3.8) is 0 Å². The van der Waals surface area contributed by atoms with Crippen molar-refractivity contribution in [2.75, 3.05) is 10.8 Å². The summed E-state index contributed by atoms with van der Waals surface area (Å²) in [6.45, 7) is 9.92. The molecule has 6 heteroatoms. The number of sulfonamides is 1. The second-order valence-electron chi connectivity index (χ2n) is 9.48. The summed E-state index contributed by atoms with van der Waals surface area (Å²) in [5, 5.41) is 0. The Morgan fingerprint density at radius 2 is 1.77 bits per heavy atom. The van der Waals surface area contributed by atoms with Crippen molar-refractivity contribution < 1.29 is 17.9 Å². The summed E-state index contributed by atoms with van der Waals surface area (Å²) >= 11 is 0. The summed E-state index contributed by atoms with van der Waals surface area (Å²) in [4.78, 5) is 12.8. The SMILES string of the molecule is Cc1ccc(S(=O)(=O)N2CC3CC/C(=C\C(=O)OC(C)(C)C)c4c(C)ccc2c43)cc1. The molecular formula is C25H29NO4S. The molecule has 0 saturated heterocycles. The Balaban J connectivity index is 1.78. The molecule has 2 aromatic carbocycles. The van der Waals surface area contributed by atoms with Crippen molar-refractivity contribution in [2.45, 2.75) is 63.9 Å².